The van der Waals surface area contributed by atoms with E-state index < -0.39 is 0 Å². The van der Waals surface area contributed by atoms with Crippen LogP contribution in [0.15, 0.2) is 12.4 Å². The summed E-state index contributed by atoms with van der Waals surface area (Å²) in [6.07, 6.45) is 1.44. The Labute approximate surface area is 166 Å². The number of nitrogens with zero attached hydrogens (tertiary/aromatic N) is 4. The van der Waals surface area contributed by atoms with Crippen molar-refractivity contribution in [2.45, 2.75) is 25.8 Å². The Morgan fingerprint density at radius 2 is 2.07 bits per heavy atom. The van der Waals surface area contributed by atoms with Crippen LogP contribution >= 0.6 is 23.2 Å². The van der Waals surface area contributed by atoms with Crippen LogP contribution in [0.5, 0.6) is 5.75 Å². The Morgan fingerprint density at radius 3 is 2.70 bits per heavy atom. The maximum absolute atomic E-state index is 6.50. The average molecular weight is 408 g/mol. The minimum Gasteiger partial charge on any atom is -0.496 e. The van der Waals surface area contributed by atoms with Gasteiger partial charge in [-0.2, -0.15) is 5.10 Å². The zero-order valence-corrected chi connectivity index (χ0v) is 16.7. The summed E-state index contributed by atoms with van der Waals surface area (Å²) < 4.78 is 12.9. The number of methoxy groups -OCH3 is 1. The van der Waals surface area contributed by atoms with E-state index in [1.807, 2.05) is 24.6 Å². The summed E-state index contributed by atoms with van der Waals surface area (Å²) in [5, 5.41) is 6.37. The summed E-state index contributed by atoms with van der Waals surface area (Å²) in [5.41, 5.74) is 9.19. The number of aryl methyl sites for hydroxylation is 1. The average Bonchev–Trinajstić information content (AvgIpc) is 2.94. The summed E-state index contributed by atoms with van der Waals surface area (Å²) >= 11 is 12.9. The first-order chi connectivity index (χ1) is 12.9. The van der Waals surface area contributed by atoms with Gasteiger partial charge in [-0.3, -0.25) is 0 Å². The number of hydrogen-bond donors (Lipinski definition) is 1. The molecule has 2 N–H and O–H groups in total. The van der Waals surface area contributed by atoms with Crippen LogP contribution in [0.1, 0.15) is 35.7 Å². The molecule has 27 heavy (non-hydrogen) atoms. The summed E-state index contributed by atoms with van der Waals surface area (Å²) in [4.78, 5) is 8.44. The summed E-state index contributed by atoms with van der Waals surface area (Å²) in [6.45, 7) is 5.08. The van der Waals surface area contributed by atoms with Crippen molar-refractivity contribution < 1.29 is 9.47 Å². The number of nitrogen functional groups attached to an aromatic ring is 1. The Kier molecular flexibility index (Phi) is 4.61. The number of halogens is 2. The van der Waals surface area contributed by atoms with Crippen molar-refractivity contribution in [3.63, 3.8) is 0 Å². The van der Waals surface area contributed by atoms with Gasteiger partial charge < -0.3 is 15.2 Å². The molecule has 0 saturated carbocycles. The molecule has 9 heteroatoms. The zero-order chi connectivity index (χ0) is 19.3. The number of ether oxygens (including phenoxy) is 2. The van der Waals surface area contributed by atoms with Crippen LogP contribution in [-0.2, 0) is 4.74 Å². The molecule has 0 aliphatic carbocycles. The molecule has 1 aromatic carbocycles. The Bertz CT molecular complexity index is 1030. The van der Waals surface area contributed by atoms with Crippen LogP contribution in [0.2, 0.25) is 10.0 Å². The van der Waals surface area contributed by atoms with Crippen molar-refractivity contribution in [3.8, 4) is 5.75 Å². The number of benzene rings is 1. The molecule has 1 unspecified atom stereocenters. The van der Waals surface area contributed by atoms with Crippen LogP contribution in [0.4, 0.5) is 5.82 Å². The summed E-state index contributed by atoms with van der Waals surface area (Å²) in [6, 6.07) is 1.61. The lowest BCUT2D eigenvalue weighted by Gasteiger charge is -2.30. The van der Waals surface area contributed by atoms with E-state index in [0.717, 1.165) is 22.2 Å². The monoisotopic (exact) mass is 407 g/mol. The molecular weight excluding hydrogens is 389 g/mol. The standard InChI is InChI=1S/C18H19Cl2N5O2/c1-8-13-17(21)22-7-23-18(13)25(24-8)9(2)11-4-12(19)15(20)14(16(11)26-3)10-5-27-6-10/h4,7,9-10H,5-6H2,1-3H3,(H2,21,22,23). The summed E-state index contributed by atoms with van der Waals surface area (Å²) in [5.74, 6) is 1.27. The van der Waals surface area contributed by atoms with Crippen LogP contribution in [0.3, 0.4) is 0 Å². The topological polar surface area (TPSA) is 88.1 Å². The number of anilines is 1. The van der Waals surface area contributed by atoms with E-state index in [1.54, 1.807) is 7.11 Å². The molecule has 1 saturated heterocycles. The molecule has 2 aromatic heterocycles. The molecule has 0 bridgehead atoms. The van der Waals surface area contributed by atoms with E-state index in [2.05, 4.69) is 15.1 Å². The van der Waals surface area contributed by atoms with Gasteiger partial charge in [-0.1, -0.05) is 23.2 Å². The van der Waals surface area contributed by atoms with Crippen molar-refractivity contribution in [1.82, 2.24) is 19.7 Å². The predicted molar refractivity (Wildman–Crippen MR) is 105 cm³/mol. The molecule has 1 aliphatic heterocycles. The van der Waals surface area contributed by atoms with Crippen molar-refractivity contribution >= 4 is 40.1 Å². The van der Waals surface area contributed by atoms with E-state index in [0.29, 0.717) is 40.5 Å². The van der Waals surface area contributed by atoms with Gasteiger partial charge in [0.1, 0.15) is 17.9 Å². The van der Waals surface area contributed by atoms with Crippen LogP contribution in [-0.4, -0.2) is 40.1 Å². The van der Waals surface area contributed by atoms with Gasteiger partial charge in [0.05, 0.1) is 47.5 Å². The van der Waals surface area contributed by atoms with Crippen molar-refractivity contribution in [3.05, 3.63) is 39.3 Å². The predicted octanol–water partition coefficient (Wildman–Crippen LogP) is 3.76. The van der Waals surface area contributed by atoms with Crippen molar-refractivity contribution in [2.75, 3.05) is 26.1 Å². The zero-order valence-electron chi connectivity index (χ0n) is 15.2. The lowest BCUT2D eigenvalue weighted by molar-refractivity contribution is 0.00751. The van der Waals surface area contributed by atoms with Crippen molar-refractivity contribution in [1.29, 1.82) is 0 Å². The number of fused-ring (bicyclic) bond motifs is 1. The molecule has 1 aliphatic rings. The highest BCUT2D eigenvalue weighted by atomic mass is 35.5. The smallest absolute Gasteiger partial charge is 0.164 e. The van der Waals surface area contributed by atoms with Crippen LogP contribution in [0, 0.1) is 6.92 Å². The quantitative estimate of drug-likeness (QED) is 0.708. The highest BCUT2D eigenvalue weighted by Gasteiger charge is 2.31. The largest absolute Gasteiger partial charge is 0.496 e. The normalized spacial score (nSPS) is 15.7. The van der Waals surface area contributed by atoms with Gasteiger partial charge in [0.15, 0.2) is 5.65 Å². The summed E-state index contributed by atoms with van der Waals surface area (Å²) in [7, 11) is 1.63. The maximum atomic E-state index is 6.50. The van der Waals surface area contributed by atoms with Gasteiger partial charge in [0.25, 0.3) is 0 Å². The Morgan fingerprint density at radius 1 is 1.33 bits per heavy atom. The third-order valence-corrected chi connectivity index (χ3v) is 5.80. The van der Waals surface area contributed by atoms with Gasteiger partial charge in [-0.05, 0) is 19.9 Å². The van der Waals surface area contributed by atoms with Crippen LogP contribution < -0.4 is 10.5 Å². The first kappa shape index (κ1) is 18.3. The molecule has 1 atom stereocenters. The Balaban J connectivity index is 1.91. The lowest BCUT2D eigenvalue weighted by Crippen LogP contribution is -2.26. The molecule has 0 radical (unpaired) electrons. The van der Waals surface area contributed by atoms with E-state index in [9.17, 15) is 0 Å². The third-order valence-electron chi connectivity index (χ3n) is 5.00. The molecule has 142 valence electrons. The molecule has 3 heterocycles. The SMILES string of the molecule is COc1c(C(C)n2nc(C)c3c(N)ncnc32)cc(Cl)c(Cl)c1C1COC1. The second-order valence-corrected chi connectivity index (χ2v) is 7.39. The minimum absolute atomic E-state index is 0.158. The fourth-order valence-corrected chi connectivity index (χ4v) is 4.04. The van der Waals surface area contributed by atoms with E-state index in [4.69, 9.17) is 38.4 Å². The second-order valence-electron chi connectivity index (χ2n) is 6.61. The number of rotatable bonds is 4. The van der Waals surface area contributed by atoms with Crippen molar-refractivity contribution in [2.24, 2.45) is 0 Å². The van der Waals surface area contributed by atoms with Gasteiger partial charge in [0.2, 0.25) is 0 Å². The van der Waals surface area contributed by atoms with Gasteiger partial charge in [-0.15, -0.1) is 0 Å². The number of nitrogens with two attached hydrogens (primary N) is 1. The fraction of sp³-hybridized carbons (Fsp3) is 0.389. The van der Waals surface area contributed by atoms with E-state index in [-0.39, 0.29) is 12.0 Å². The Hall–Kier alpha value is -2.09. The third kappa shape index (κ3) is 2.81. The first-order valence-electron chi connectivity index (χ1n) is 8.52. The maximum Gasteiger partial charge on any atom is 0.164 e. The van der Waals surface area contributed by atoms with Gasteiger partial charge in [-0.25, -0.2) is 14.6 Å². The molecule has 1 fully saturated rings. The van der Waals surface area contributed by atoms with Gasteiger partial charge in [0, 0.05) is 17.0 Å². The van der Waals surface area contributed by atoms with E-state index >= 15 is 0 Å². The minimum atomic E-state index is -0.208. The first-order valence-corrected chi connectivity index (χ1v) is 9.28. The highest BCUT2D eigenvalue weighted by molar-refractivity contribution is 6.42. The highest BCUT2D eigenvalue weighted by Crippen LogP contribution is 2.45. The van der Waals surface area contributed by atoms with Crippen LogP contribution in [0.25, 0.3) is 11.0 Å². The fourth-order valence-electron chi connectivity index (χ4n) is 3.53. The van der Waals surface area contributed by atoms with E-state index in [1.165, 1.54) is 6.33 Å². The number of aromatic nitrogens is 4. The second kappa shape index (κ2) is 6.82. The lowest BCUT2D eigenvalue weighted by atomic mass is 9.92. The number of hydrogen-bond acceptors (Lipinski definition) is 6. The molecule has 7 nitrogen and oxygen atoms in total. The van der Waals surface area contributed by atoms with Gasteiger partial charge >= 0.3 is 0 Å². The molecule has 0 amide bonds. The molecule has 0 spiro atoms. The molecule has 3 aromatic rings. The molecule has 4 rings (SSSR count). The molecular formula is C18H19Cl2N5O2.